The standard InChI is InChI=1S/C28H21NO7S/c1-2-35-28(32)24-22-16-23(29-37(33,34)19-12-8-11-18(15-19)27(30)31)20-13-6-7-14-21(20)26(22)36-25(24)17-9-4-3-5-10-17/h3-16,29H,2H2,1H3,(H,30,31). The summed E-state index contributed by atoms with van der Waals surface area (Å²) in [6.07, 6.45) is 0. The number of fused-ring (bicyclic) bond motifs is 3. The molecule has 0 atom stereocenters. The SMILES string of the molecule is CCOC(=O)c1c(-c2ccccc2)oc2c1cc(NS(=O)(=O)c1cccc(C(=O)O)c1)c1ccccc12. The third-order valence-electron chi connectivity index (χ3n) is 5.85. The number of carboxylic acid groups (broad SMARTS) is 1. The molecule has 0 bridgehead atoms. The molecule has 0 saturated heterocycles. The molecule has 2 N–H and O–H groups in total. The van der Waals surface area contributed by atoms with Gasteiger partial charge in [0.2, 0.25) is 0 Å². The fourth-order valence-electron chi connectivity index (χ4n) is 4.20. The highest BCUT2D eigenvalue weighted by Gasteiger charge is 2.26. The van der Waals surface area contributed by atoms with E-state index in [-0.39, 0.29) is 28.3 Å². The van der Waals surface area contributed by atoms with Gasteiger partial charge in [0.15, 0.2) is 0 Å². The highest BCUT2D eigenvalue weighted by Crippen LogP contribution is 2.41. The molecule has 5 aromatic rings. The van der Waals surface area contributed by atoms with E-state index in [1.807, 2.05) is 30.3 Å². The number of carbonyl (C=O) groups is 2. The van der Waals surface area contributed by atoms with Crippen molar-refractivity contribution >= 4 is 49.4 Å². The molecule has 4 aromatic carbocycles. The molecule has 0 aliphatic rings. The number of furan rings is 1. The van der Waals surface area contributed by atoms with Gasteiger partial charge in [0.25, 0.3) is 10.0 Å². The molecular formula is C28H21NO7S. The van der Waals surface area contributed by atoms with Crippen LogP contribution in [0.15, 0.2) is 94.2 Å². The number of rotatable bonds is 7. The van der Waals surface area contributed by atoms with Crippen LogP contribution in [0.1, 0.15) is 27.6 Å². The van der Waals surface area contributed by atoms with Crippen LogP contribution in [-0.2, 0) is 14.8 Å². The van der Waals surface area contributed by atoms with Crippen LogP contribution >= 0.6 is 0 Å². The fourth-order valence-corrected chi connectivity index (χ4v) is 5.32. The third kappa shape index (κ3) is 4.41. The Bertz CT molecular complexity index is 1770. The van der Waals surface area contributed by atoms with Gasteiger partial charge in [-0.05, 0) is 31.2 Å². The van der Waals surface area contributed by atoms with Crippen LogP contribution in [0.5, 0.6) is 0 Å². The Morgan fingerprint density at radius 1 is 0.892 bits per heavy atom. The number of anilines is 1. The zero-order valence-corrected chi connectivity index (χ0v) is 20.4. The summed E-state index contributed by atoms with van der Waals surface area (Å²) in [7, 11) is -4.18. The van der Waals surface area contributed by atoms with Gasteiger partial charge in [-0.25, -0.2) is 18.0 Å². The first-order valence-corrected chi connectivity index (χ1v) is 12.9. The molecule has 186 valence electrons. The number of benzene rings is 4. The van der Waals surface area contributed by atoms with E-state index < -0.39 is 22.0 Å². The molecular weight excluding hydrogens is 494 g/mol. The highest BCUT2D eigenvalue weighted by molar-refractivity contribution is 7.92. The molecule has 0 amide bonds. The average Bonchev–Trinajstić information content (AvgIpc) is 3.29. The van der Waals surface area contributed by atoms with E-state index in [0.29, 0.717) is 33.1 Å². The smallest absolute Gasteiger partial charge is 0.342 e. The first-order valence-electron chi connectivity index (χ1n) is 11.4. The maximum atomic E-state index is 13.3. The van der Waals surface area contributed by atoms with E-state index in [0.717, 1.165) is 6.07 Å². The van der Waals surface area contributed by atoms with Crippen LogP contribution in [-0.4, -0.2) is 32.1 Å². The maximum absolute atomic E-state index is 13.3. The number of aromatic carboxylic acids is 1. The molecule has 5 rings (SSSR count). The van der Waals surface area contributed by atoms with E-state index in [1.54, 1.807) is 37.3 Å². The fraction of sp³-hybridized carbons (Fsp3) is 0.0714. The molecule has 0 saturated carbocycles. The van der Waals surface area contributed by atoms with Gasteiger partial charge in [-0.15, -0.1) is 0 Å². The van der Waals surface area contributed by atoms with E-state index in [9.17, 15) is 23.1 Å². The molecule has 0 unspecified atom stereocenters. The predicted molar refractivity (Wildman–Crippen MR) is 139 cm³/mol. The summed E-state index contributed by atoms with van der Waals surface area (Å²) in [6.45, 7) is 1.84. The second-order valence-electron chi connectivity index (χ2n) is 8.18. The molecule has 0 spiro atoms. The monoisotopic (exact) mass is 515 g/mol. The summed E-state index contributed by atoms with van der Waals surface area (Å²) in [5.41, 5.74) is 1.30. The lowest BCUT2D eigenvalue weighted by Crippen LogP contribution is -2.14. The number of esters is 1. The van der Waals surface area contributed by atoms with Gasteiger partial charge >= 0.3 is 11.9 Å². The van der Waals surface area contributed by atoms with Crippen molar-refractivity contribution < 1.29 is 32.3 Å². The Morgan fingerprint density at radius 2 is 1.59 bits per heavy atom. The van der Waals surface area contributed by atoms with Crippen LogP contribution < -0.4 is 4.72 Å². The van der Waals surface area contributed by atoms with E-state index >= 15 is 0 Å². The zero-order chi connectivity index (χ0) is 26.2. The summed E-state index contributed by atoms with van der Waals surface area (Å²) in [5.74, 6) is -1.53. The lowest BCUT2D eigenvalue weighted by molar-refractivity contribution is 0.0528. The Labute approximate surface area is 212 Å². The highest BCUT2D eigenvalue weighted by atomic mass is 32.2. The van der Waals surface area contributed by atoms with E-state index in [4.69, 9.17) is 9.15 Å². The number of carboxylic acids is 1. The van der Waals surface area contributed by atoms with Crippen molar-refractivity contribution in [2.24, 2.45) is 0 Å². The van der Waals surface area contributed by atoms with Crippen molar-refractivity contribution in [2.75, 3.05) is 11.3 Å². The number of sulfonamides is 1. The molecule has 1 aromatic heterocycles. The number of nitrogens with one attached hydrogen (secondary N) is 1. The molecule has 1 heterocycles. The molecule has 8 nitrogen and oxygen atoms in total. The van der Waals surface area contributed by atoms with E-state index in [2.05, 4.69) is 4.72 Å². The Kier molecular flexibility index (Phi) is 6.14. The predicted octanol–water partition coefficient (Wildman–Crippen LogP) is 5.93. The molecule has 0 aliphatic carbocycles. The van der Waals surface area contributed by atoms with Crippen LogP contribution in [0.4, 0.5) is 5.69 Å². The minimum absolute atomic E-state index is 0.146. The Hall–Kier alpha value is -4.63. The zero-order valence-electron chi connectivity index (χ0n) is 19.6. The van der Waals surface area contributed by atoms with Gasteiger partial charge in [-0.2, -0.15) is 0 Å². The first kappa shape index (κ1) is 24.1. The van der Waals surface area contributed by atoms with Crippen molar-refractivity contribution in [3.8, 4) is 11.3 Å². The minimum Gasteiger partial charge on any atom is -0.478 e. The summed E-state index contributed by atoms with van der Waals surface area (Å²) in [6, 6.07) is 22.7. The molecule has 0 aliphatic heterocycles. The topological polar surface area (TPSA) is 123 Å². The summed E-state index contributed by atoms with van der Waals surface area (Å²) in [4.78, 5) is 24.2. The van der Waals surface area contributed by atoms with E-state index in [1.165, 1.54) is 18.2 Å². The number of carbonyl (C=O) groups excluding carboxylic acids is 1. The lowest BCUT2D eigenvalue weighted by atomic mass is 10.0. The summed E-state index contributed by atoms with van der Waals surface area (Å²) < 4.78 is 40.7. The van der Waals surface area contributed by atoms with Gasteiger partial charge in [-0.1, -0.05) is 60.7 Å². The van der Waals surface area contributed by atoms with Gasteiger partial charge in [0, 0.05) is 21.7 Å². The molecule has 37 heavy (non-hydrogen) atoms. The minimum atomic E-state index is -4.18. The largest absolute Gasteiger partial charge is 0.478 e. The second-order valence-corrected chi connectivity index (χ2v) is 9.86. The Morgan fingerprint density at radius 3 is 2.30 bits per heavy atom. The van der Waals surface area contributed by atoms with Crippen LogP contribution in [0.25, 0.3) is 33.1 Å². The van der Waals surface area contributed by atoms with Crippen molar-refractivity contribution in [3.63, 3.8) is 0 Å². The lowest BCUT2D eigenvalue weighted by Gasteiger charge is -2.12. The number of hydrogen-bond acceptors (Lipinski definition) is 6. The molecule has 0 fully saturated rings. The number of hydrogen-bond donors (Lipinski definition) is 2. The van der Waals surface area contributed by atoms with Crippen LogP contribution in [0.2, 0.25) is 0 Å². The third-order valence-corrected chi connectivity index (χ3v) is 7.21. The van der Waals surface area contributed by atoms with Gasteiger partial charge in [0.05, 0.1) is 22.8 Å². The van der Waals surface area contributed by atoms with Crippen molar-refractivity contribution in [1.82, 2.24) is 0 Å². The Balaban J connectivity index is 1.75. The summed E-state index contributed by atoms with van der Waals surface area (Å²) in [5, 5.41) is 10.8. The summed E-state index contributed by atoms with van der Waals surface area (Å²) >= 11 is 0. The normalized spacial score (nSPS) is 11.5. The van der Waals surface area contributed by atoms with Crippen LogP contribution in [0.3, 0.4) is 0 Å². The van der Waals surface area contributed by atoms with Crippen molar-refractivity contribution in [2.45, 2.75) is 11.8 Å². The maximum Gasteiger partial charge on any atom is 0.342 e. The van der Waals surface area contributed by atoms with Crippen molar-refractivity contribution in [3.05, 3.63) is 96.1 Å². The first-order chi connectivity index (χ1) is 17.8. The quantitative estimate of drug-likeness (QED) is 0.258. The average molecular weight is 516 g/mol. The van der Waals surface area contributed by atoms with Crippen molar-refractivity contribution in [1.29, 1.82) is 0 Å². The molecule has 9 heteroatoms. The van der Waals surface area contributed by atoms with Crippen LogP contribution in [0, 0.1) is 0 Å². The van der Waals surface area contributed by atoms with Gasteiger partial charge < -0.3 is 14.3 Å². The number of ether oxygens (including phenoxy) is 1. The molecule has 0 radical (unpaired) electrons. The van der Waals surface area contributed by atoms with Gasteiger partial charge in [0.1, 0.15) is 16.9 Å². The van der Waals surface area contributed by atoms with Gasteiger partial charge in [-0.3, -0.25) is 4.72 Å². The second kappa shape index (κ2) is 9.44.